The Hall–Kier alpha value is -1.43. The summed E-state index contributed by atoms with van der Waals surface area (Å²) in [7, 11) is 0. The van der Waals surface area contributed by atoms with Crippen molar-refractivity contribution in [3.05, 3.63) is 11.7 Å². The summed E-state index contributed by atoms with van der Waals surface area (Å²) in [5.41, 5.74) is -0.537. The predicted molar refractivity (Wildman–Crippen MR) is 82.1 cm³/mol. The van der Waals surface area contributed by atoms with E-state index in [9.17, 15) is 9.90 Å². The monoisotopic (exact) mass is 309 g/mol. The molecule has 0 aliphatic heterocycles. The first-order valence-electron chi connectivity index (χ1n) is 8.17. The predicted octanol–water partition coefficient (Wildman–Crippen LogP) is 2.49. The maximum atomic E-state index is 12.3. The molecule has 1 amide bonds. The Kier molecular flexibility index (Phi) is 5.21. The van der Waals surface area contributed by atoms with E-state index in [2.05, 4.69) is 15.5 Å². The first-order chi connectivity index (χ1) is 10.3. The van der Waals surface area contributed by atoms with Gasteiger partial charge in [-0.25, -0.2) is 0 Å². The van der Waals surface area contributed by atoms with Crippen LogP contribution in [0.4, 0.5) is 0 Å². The van der Waals surface area contributed by atoms with Crippen molar-refractivity contribution in [2.45, 2.75) is 77.4 Å². The second-order valence-corrected chi connectivity index (χ2v) is 6.96. The van der Waals surface area contributed by atoms with Gasteiger partial charge in [0.25, 0.3) is 0 Å². The molecule has 124 valence electrons. The van der Waals surface area contributed by atoms with Gasteiger partial charge in [-0.2, -0.15) is 4.98 Å². The van der Waals surface area contributed by atoms with E-state index in [-0.39, 0.29) is 24.2 Å². The number of nitrogens with zero attached hydrogens (tertiary/aromatic N) is 2. The fraction of sp³-hybridized carbons (Fsp3) is 0.812. The Morgan fingerprint density at radius 2 is 1.95 bits per heavy atom. The van der Waals surface area contributed by atoms with Crippen LogP contribution in [0.1, 0.15) is 77.4 Å². The van der Waals surface area contributed by atoms with Crippen LogP contribution in [-0.2, 0) is 10.3 Å². The summed E-state index contributed by atoms with van der Waals surface area (Å²) in [5, 5.41) is 17.0. The van der Waals surface area contributed by atoms with Gasteiger partial charge in [0.05, 0.1) is 12.5 Å². The lowest BCUT2D eigenvalue weighted by atomic mass is 9.95. The maximum Gasteiger partial charge on any atom is 0.229 e. The highest BCUT2D eigenvalue weighted by Crippen LogP contribution is 2.37. The number of nitrogens with one attached hydrogen (secondary N) is 1. The van der Waals surface area contributed by atoms with Crippen molar-refractivity contribution in [3.8, 4) is 0 Å². The molecule has 1 aliphatic carbocycles. The fourth-order valence-corrected chi connectivity index (χ4v) is 2.79. The van der Waals surface area contributed by atoms with Gasteiger partial charge in [0, 0.05) is 5.92 Å². The van der Waals surface area contributed by atoms with Crippen LogP contribution in [-0.4, -0.2) is 27.3 Å². The van der Waals surface area contributed by atoms with Crippen LogP contribution in [0.3, 0.4) is 0 Å². The molecule has 2 N–H and O–H groups in total. The molecule has 1 aromatic heterocycles. The van der Waals surface area contributed by atoms with Crippen LogP contribution in [0.2, 0.25) is 0 Å². The van der Waals surface area contributed by atoms with Crippen LogP contribution in [0.15, 0.2) is 4.52 Å². The van der Waals surface area contributed by atoms with Crippen molar-refractivity contribution in [2.24, 2.45) is 5.92 Å². The van der Waals surface area contributed by atoms with Gasteiger partial charge >= 0.3 is 0 Å². The number of hydrogen-bond acceptors (Lipinski definition) is 5. The zero-order valence-corrected chi connectivity index (χ0v) is 13.9. The molecule has 0 aromatic carbocycles. The second kappa shape index (κ2) is 6.77. The highest BCUT2D eigenvalue weighted by Gasteiger charge is 2.41. The standard InChI is InChI=1S/C16H27N3O3/c1-10(2)12(20)9-13(21)18-16(7-5-6-8-16)15-17-14(11(3)4)22-19-15/h10-12,20H,5-9H2,1-4H3,(H,18,21). The Labute approximate surface area is 131 Å². The molecule has 1 heterocycles. The molecule has 1 fully saturated rings. The number of aromatic nitrogens is 2. The van der Waals surface area contributed by atoms with Gasteiger partial charge in [0.15, 0.2) is 5.82 Å². The first-order valence-corrected chi connectivity index (χ1v) is 8.17. The Bertz CT molecular complexity index is 504. The summed E-state index contributed by atoms with van der Waals surface area (Å²) in [4.78, 5) is 16.8. The summed E-state index contributed by atoms with van der Waals surface area (Å²) in [6.45, 7) is 7.79. The number of aliphatic hydroxyl groups is 1. The third kappa shape index (κ3) is 3.66. The number of carbonyl (C=O) groups excluding carboxylic acids is 1. The van der Waals surface area contributed by atoms with E-state index in [4.69, 9.17) is 4.52 Å². The lowest BCUT2D eigenvalue weighted by Gasteiger charge is -2.27. The average Bonchev–Trinajstić information content (AvgIpc) is 3.07. The van der Waals surface area contributed by atoms with E-state index in [1.54, 1.807) is 0 Å². The zero-order valence-electron chi connectivity index (χ0n) is 13.9. The van der Waals surface area contributed by atoms with Crippen LogP contribution in [0.25, 0.3) is 0 Å². The summed E-state index contributed by atoms with van der Waals surface area (Å²) in [6.07, 6.45) is 3.15. The number of hydrogen-bond donors (Lipinski definition) is 2. The molecule has 1 aromatic rings. The maximum absolute atomic E-state index is 12.3. The van der Waals surface area contributed by atoms with Gasteiger partial charge in [-0.3, -0.25) is 4.79 Å². The van der Waals surface area contributed by atoms with Gasteiger partial charge in [-0.15, -0.1) is 0 Å². The van der Waals surface area contributed by atoms with E-state index in [1.165, 1.54) is 0 Å². The summed E-state index contributed by atoms with van der Waals surface area (Å²) in [6, 6.07) is 0. The molecule has 0 bridgehead atoms. The normalized spacial score (nSPS) is 18.9. The molecule has 6 heteroatoms. The van der Waals surface area contributed by atoms with Crippen molar-refractivity contribution in [2.75, 3.05) is 0 Å². The minimum absolute atomic E-state index is 0.0583. The Morgan fingerprint density at radius 3 is 2.45 bits per heavy atom. The highest BCUT2D eigenvalue weighted by atomic mass is 16.5. The van der Waals surface area contributed by atoms with Crippen LogP contribution >= 0.6 is 0 Å². The first kappa shape index (κ1) is 16.9. The molecule has 0 spiro atoms. The zero-order chi connectivity index (χ0) is 16.3. The van der Waals surface area contributed by atoms with Crippen molar-refractivity contribution < 1.29 is 14.4 Å². The topological polar surface area (TPSA) is 88.2 Å². The summed E-state index contributed by atoms with van der Waals surface area (Å²) < 4.78 is 5.30. The SMILES string of the molecule is CC(C)c1nc(C2(NC(=O)CC(O)C(C)C)CCCC2)no1. The molecule has 2 rings (SSSR count). The van der Waals surface area contributed by atoms with Crippen LogP contribution in [0, 0.1) is 5.92 Å². The van der Waals surface area contributed by atoms with Crippen LogP contribution < -0.4 is 5.32 Å². The van der Waals surface area contributed by atoms with E-state index in [0.29, 0.717) is 11.7 Å². The van der Waals surface area contributed by atoms with Gasteiger partial charge < -0.3 is 14.9 Å². The van der Waals surface area contributed by atoms with Crippen LogP contribution in [0.5, 0.6) is 0 Å². The van der Waals surface area contributed by atoms with Gasteiger partial charge in [-0.1, -0.05) is 45.7 Å². The highest BCUT2D eigenvalue weighted by molar-refractivity contribution is 5.77. The van der Waals surface area contributed by atoms with Gasteiger partial charge in [0.1, 0.15) is 5.54 Å². The van der Waals surface area contributed by atoms with E-state index in [0.717, 1.165) is 25.7 Å². The molecule has 1 saturated carbocycles. The van der Waals surface area contributed by atoms with Crippen molar-refractivity contribution in [1.29, 1.82) is 0 Å². The van der Waals surface area contributed by atoms with E-state index >= 15 is 0 Å². The molecule has 6 nitrogen and oxygen atoms in total. The molecule has 1 unspecified atom stereocenters. The number of amides is 1. The second-order valence-electron chi connectivity index (χ2n) is 6.96. The van der Waals surface area contributed by atoms with E-state index < -0.39 is 11.6 Å². The van der Waals surface area contributed by atoms with Gasteiger partial charge in [-0.05, 0) is 18.8 Å². The Morgan fingerprint density at radius 1 is 1.32 bits per heavy atom. The molecule has 0 radical (unpaired) electrons. The third-order valence-corrected chi connectivity index (χ3v) is 4.36. The minimum Gasteiger partial charge on any atom is -0.392 e. The smallest absolute Gasteiger partial charge is 0.229 e. The van der Waals surface area contributed by atoms with Crippen molar-refractivity contribution in [1.82, 2.24) is 15.5 Å². The fourth-order valence-electron chi connectivity index (χ4n) is 2.79. The number of carbonyl (C=O) groups is 1. The van der Waals surface area contributed by atoms with Crippen molar-refractivity contribution in [3.63, 3.8) is 0 Å². The largest absolute Gasteiger partial charge is 0.392 e. The number of rotatable bonds is 6. The molecule has 1 atom stereocenters. The summed E-state index contributed by atoms with van der Waals surface area (Å²) >= 11 is 0. The third-order valence-electron chi connectivity index (χ3n) is 4.36. The molecule has 0 saturated heterocycles. The lowest BCUT2D eigenvalue weighted by Crippen LogP contribution is -2.45. The molecular weight excluding hydrogens is 282 g/mol. The van der Waals surface area contributed by atoms with Gasteiger partial charge in [0.2, 0.25) is 11.8 Å². The quantitative estimate of drug-likeness (QED) is 0.843. The number of aliphatic hydroxyl groups excluding tert-OH is 1. The molecule has 22 heavy (non-hydrogen) atoms. The average molecular weight is 309 g/mol. The summed E-state index contributed by atoms with van der Waals surface area (Å²) in [5.74, 6) is 1.24. The molecule has 1 aliphatic rings. The Balaban J connectivity index is 2.12. The molecular formula is C16H27N3O3. The van der Waals surface area contributed by atoms with Crippen molar-refractivity contribution >= 4 is 5.91 Å². The minimum atomic E-state index is -0.630. The lowest BCUT2D eigenvalue weighted by molar-refractivity contribution is -0.125. The van der Waals surface area contributed by atoms with E-state index in [1.807, 2.05) is 27.7 Å².